The highest BCUT2D eigenvalue weighted by Gasteiger charge is 2.31. The molecule has 1 amide bonds. The van der Waals surface area contributed by atoms with E-state index in [2.05, 4.69) is 33.0 Å². The molecule has 1 fully saturated rings. The van der Waals surface area contributed by atoms with E-state index in [0.717, 1.165) is 64.5 Å². The van der Waals surface area contributed by atoms with Gasteiger partial charge in [-0.15, -0.1) is 0 Å². The summed E-state index contributed by atoms with van der Waals surface area (Å²) in [4.78, 5) is 47.1. The number of aromatic nitrogens is 4. The lowest BCUT2D eigenvalue weighted by molar-refractivity contribution is 0.0763. The van der Waals surface area contributed by atoms with E-state index in [4.69, 9.17) is 24.2 Å². The minimum absolute atomic E-state index is 0.0617. The first-order valence-corrected chi connectivity index (χ1v) is 18.4. The fraction of sp³-hybridized carbons (Fsp3) is 0.366. The molecule has 4 bridgehead atoms. The van der Waals surface area contributed by atoms with Crippen LogP contribution in [0.4, 0.5) is 5.82 Å². The number of carbonyl (C=O) groups excluding carboxylic acids is 1. The van der Waals surface area contributed by atoms with Gasteiger partial charge >= 0.3 is 11.7 Å². The van der Waals surface area contributed by atoms with Crippen molar-refractivity contribution in [1.29, 1.82) is 0 Å². The Kier molecular flexibility index (Phi) is 9.86. The summed E-state index contributed by atoms with van der Waals surface area (Å²) in [6, 6.07) is 20.1. The van der Waals surface area contributed by atoms with E-state index < -0.39 is 0 Å². The van der Waals surface area contributed by atoms with E-state index in [9.17, 15) is 9.59 Å². The third-order valence-electron chi connectivity index (χ3n) is 10.5. The van der Waals surface area contributed by atoms with Gasteiger partial charge in [-0.2, -0.15) is 9.97 Å². The molecule has 0 saturated carbocycles. The normalized spacial score (nSPS) is 15.8. The third-order valence-corrected chi connectivity index (χ3v) is 10.5. The number of hydrogen-bond acceptors (Lipinski definition) is 9. The van der Waals surface area contributed by atoms with Crippen LogP contribution in [0.25, 0.3) is 11.2 Å². The number of fused-ring (bicyclic) bond motifs is 5. The van der Waals surface area contributed by atoms with Crippen LogP contribution in [0.2, 0.25) is 0 Å². The number of amides is 1. The van der Waals surface area contributed by atoms with Crippen LogP contribution in [0, 0.1) is 0 Å². The molecule has 0 radical (unpaired) electrons. The maximum atomic E-state index is 13.9. The van der Waals surface area contributed by atoms with Gasteiger partial charge in [0.05, 0.1) is 27.4 Å². The zero-order valence-electron chi connectivity index (χ0n) is 30.3. The van der Waals surface area contributed by atoms with Crippen LogP contribution in [0.3, 0.4) is 0 Å². The van der Waals surface area contributed by atoms with Gasteiger partial charge in [0.25, 0.3) is 5.91 Å². The van der Waals surface area contributed by atoms with Crippen LogP contribution in [-0.4, -0.2) is 82.2 Å². The summed E-state index contributed by atoms with van der Waals surface area (Å²) in [5, 5.41) is 0. The highest BCUT2D eigenvalue weighted by molar-refractivity contribution is 5.99. The van der Waals surface area contributed by atoms with Crippen molar-refractivity contribution in [1.82, 2.24) is 29.3 Å². The number of nitrogens with one attached hydrogen (secondary N) is 1. The summed E-state index contributed by atoms with van der Waals surface area (Å²) >= 11 is 0. The van der Waals surface area contributed by atoms with E-state index in [-0.39, 0.29) is 24.2 Å². The molecule has 53 heavy (non-hydrogen) atoms. The second kappa shape index (κ2) is 15.2. The Morgan fingerprint density at radius 1 is 0.849 bits per heavy atom. The summed E-state index contributed by atoms with van der Waals surface area (Å²) in [5.74, 6) is 2.15. The van der Waals surface area contributed by atoms with Crippen molar-refractivity contribution in [2.45, 2.75) is 51.9 Å². The van der Waals surface area contributed by atoms with Crippen molar-refractivity contribution < 1.29 is 19.0 Å². The van der Waals surface area contributed by atoms with Gasteiger partial charge in [-0.25, -0.2) is 4.79 Å². The zero-order valence-corrected chi connectivity index (χ0v) is 30.3. The molecule has 5 heterocycles. The van der Waals surface area contributed by atoms with E-state index in [1.54, 1.807) is 18.8 Å². The molecule has 0 unspecified atom stereocenters. The molecule has 2 aromatic heterocycles. The van der Waals surface area contributed by atoms with Crippen LogP contribution in [0.1, 0.15) is 57.4 Å². The van der Waals surface area contributed by atoms with Gasteiger partial charge in [-0.05, 0) is 96.9 Å². The quantitative estimate of drug-likeness (QED) is 0.192. The van der Waals surface area contributed by atoms with Crippen molar-refractivity contribution >= 4 is 22.9 Å². The summed E-state index contributed by atoms with van der Waals surface area (Å²) < 4.78 is 18.6. The molecule has 5 aromatic rings. The smallest absolute Gasteiger partial charge is 0.328 e. The maximum absolute atomic E-state index is 13.9. The number of allylic oxidation sites excluding steroid dienone is 1. The first-order valence-electron chi connectivity index (χ1n) is 18.4. The minimum atomic E-state index is -0.311. The fourth-order valence-corrected chi connectivity index (χ4v) is 7.60. The van der Waals surface area contributed by atoms with Crippen LogP contribution in [0.15, 0.2) is 77.6 Å². The standard InChI is InChI=1S/C41H45N7O5/c1-51-32-13-9-28(10-14-32)24-47(25-29-11-15-33(52-2)16-12-29)37-36-38-44-40(43-37)53-21-7-3-4-8-31-22-30(26-48(38)41(50)42-36)23-34-35(31)27-46(39(34)49)20-19-45-17-5-6-18-45/h3-4,9-16,22-23H,5-8,17-21,24-27H2,1-2H3,(H,42,50). The van der Waals surface area contributed by atoms with Gasteiger partial charge < -0.3 is 33.9 Å². The molecule has 12 nitrogen and oxygen atoms in total. The topological polar surface area (TPSA) is 118 Å². The number of likely N-dealkylation sites (tertiary alicyclic amines) is 1. The first-order chi connectivity index (χ1) is 25.9. The van der Waals surface area contributed by atoms with Crippen molar-refractivity contribution in [2.24, 2.45) is 0 Å². The Bertz CT molecular complexity index is 2140. The Morgan fingerprint density at radius 3 is 2.23 bits per heavy atom. The van der Waals surface area contributed by atoms with Gasteiger partial charge in [0.15, 0.2) is 11.5 Å². The number of aromatic amines is 1. The number of hydrogen-bond donors (Lipinski definition) is 1. The van der Waals surface area contributed by atoms with Crippen molar-refractivity contribution in [3.63, 3.8) is 0 Å². The fourth-order valence-electron chi connectivity index (χ4n) is 7.60. The van der Waals surface area contributed by atoms with Crippen molar-refractivity contribution in [3.05, 3.63) is 117 Å². The SMILES string of the molecule is COc1ccc(CN(Cc2ccc(OC)cc2)c2nc3nc4c2[nH]c(=O)n4Cc2cc(c4c(c2)C(=O)N(CCN2CCCC2)C4)CC=CCCO3)cc1. The third kappa shape index (κ3) is 7.36. The number of benzene rings is 3. The number of H-pyrrole nitrogens is 1. The largest absolute Gasteiger partial charge is 0.497 e. The van der Waals surface area contributed by atoms with Gasteiger partial charge in [0, 0.05) is 38.3 Å². The second-order valence-corrected chi connectivity index (χ2v) is 14.0. The molecule has 8 rings (SSSR count). The lowest BCUT2D eigenvalue weighted by Crippen LogP contribution is -2.34. The average Bonchev–Trinajstić information content (AvgIpc) is 3.90. The predicted octanol–water partition coefficient (Wildman–Crippen LogP) is 5.32. The molecule has 1 N–H and O–H groups in total. The van der Waals surface area contributed by atoms with E-state index >= 15 is 0 Å². The number of anilines is 1. The van der Waals surface area contributed by atoms with Crippen LogP contribution >= 0.6 is 0 Å². The number of nitrogens with zero attached hydrogens (tertiary/aromatic N) is 6. The van der Waals surface area contributed by atoms with Crippen molar-refractivity contribution in [2.75, 3.05) is 51.9 Å². The Balaban J connectivity index is 1.18. The summed E-state index contributed by atoms with van der Waals surface area (Å²) in [6.45, 7) is 6.00. The molecule has 0 aliphatic carbocycles. The highest BCUT2D eigenvalue weighted by Crippen LogP contribution is 2.32. The molecule has 0 spiro atoms. The number of imidazole rings is 1. The molecule has 3 aliphatic rings. The monoisotopic (exact) mass is 715 g/mol. The van der Waals surface area contributed by atoms with Crippen LogP contribution < -0.4 is 24.8 Å². The number of rotatable bonds is 10. The molecule has 0 atom stereocenters. The highest BCUT2D eigenvalue weighted by atomic mass is 16.5. The second-order valence-electron chi connectivity index (χ2n) is 14.0. The molecule has 274 valence electrons. The summed E-state index contributed by atoms with van der Waals surface area (Å²) in [7, 11) is 3.30. The number of carbonyl (C=O) groups is 1. The first kappa shape index (κ1) is 34.5. The lowest BCUT2D eigenvalue weighted by atomic mass is 9.97. The Hall–Kier alpha value is -5.62. The van der Waals surface area contributed by atoms with E-state index in [0.29, 0.717) is 62.6 Å². The zero-order chi connectivity index (χ0) is 36.3. The predicted molar refractivity (Wildman–Crippen MR) is 203 cm³/mol. The van der Waals surface area contributed by atoms with Crippen molar-refractivity contribution in [3.8, 4) is 17.5 Å². The van der Waals surface area contributed by atoms with Crippen LogP contribution in [0.5, 0.6) is 17.5 Å². The molecule has 3 aromatic carbocycles. The number of ether oxygens (including phenoxy) is 3. The lowest BCUT2D eigenvalue weighted by Gasteiger charge is -2.25. The molecular formula is C41H45N7O5. The van der Waals surface area contributed by atoms with Crippen LogP contribution in [-0.2, 0) is 32.6 Å². The number of methoxy groups -OCH3 is 2. The Labute approximate surface area is 308 Å². The molecule has 3 aliphatic heterocycles. The maximum Gasteiger partial charge on any atom is 0.328 e. The Morgan fingerprint density at radius 2 is 1.55 bits per heavy atom. The van der Waals surface area contributed by atoms with Gasteiger partial charge in [-0.3, -0.25) is 9.36 Å². The van der Waals surface area contributed by atoms with Gasteiger partial charge in [0.1, 0.15) is 17.0 Å². The summed E-state index contributed by atoms with van der Waals surface area (Å²) in [6.07, 6.45) is 8.05. The molecule has 12 heteroatoms. The van der Waals surface area contributed by atoms with E-state index in [1.165, 1.54) is 12.8 Å². The average molecular weight is 716 g/mol. The minimum Gasteiger partial charge on any atom is -0.497 e. The van der Waals surface area contributed by atoms with E-state index in [1.807, 2.05) is 59.5 Å². The van der Waals surface area contributed by atoms with Gasteiger partial charge in [0.2, 0.25) is 0 Å². The molecule has 1 saturated heterocycles. The summed E-state index contributed by atoms with van der Waals surface area (Å²) in [5.41, 5.74) is 6.51. The molecular weight excluding hydrogens is 670 g/mol. The van der Waals surface area contributed by atoms with Gasteiger partial charge in [-0.1, -0.05) is 42.5 Å².